The molecule has 1 aliphatic heterocycles. The first-order valence-corrected chi connectivity index (χ1v) is 10.5. The van der Waals surface area contributed by atoms with E-state index in [0.29, 0.717) is 32.0 Å². The van der Waals surface area contributed by atoms with Gasteiger partial charge >= 0.3 is 18.0 Å². The number of carbonyl (C=O) groups is 3. The lowest BCUT2D eigenvalue weighted by Crippen LogP contribution is -2.42. The lowest BCUT2D eigenvalue weighted by molar-refractivity contribution is -0.139. The molecule has 172 valence electrons. The molecule has 2 heterocycles. The second kappa shape index (κ2) is 10.5. The van der Waals surface area contributed by atoms with Gasteiger partial charge in [-0.2, -0.15) is 13.2 Å². The second-order valence-corrected chi connectivity index (χ2v) is 7.85. The molecule has 32 heavy (non-hydrogen) atoms. The van der Waals surface area contributed by atoms with Gasteiger partial charge in [-0.05, 0) is 29.6 Å². The number of hydrogen-bond donors (Lipinski definition) is 3. The molecule has 0 bridgehead atoms. The molecule has 0 unspecified atom stereocenters. The van der Waals surface area contributed by atoms with Crippen LogP contribution in [0.25, 0.3) is 0 Å². The van der Waals surface area contributed by atoms with E-state index in [4.69, 9.17) is 4.74 Å². The van der Waals surface area contributed by atoms with Crippen molar-refractivity contribution < 1.29 is 32.3 Å². The summed E-state index contributed by atoms with van der Waals surface area (Å²) in [5, 5.41) is 8.81. The first-order valence-electron chi connectivity index (χ1n) is 9.66. The van der Waals surface area contributed by atoms with E-state index in [1.807, 2.05) is 5.38 Å². The number of nitrogens with zero attached hydrogens (tertiary/aromatic N) is 1. The average molecular weight is 470 g/mol. The minimum atomic E-state index is -4.59. The highest BCUT2D eigenvalue weighted by Crippen LogP contribution is 2.35. The number of rotatable bonds is 6. The van der Waals surface area contributed by atoms with E-state index in [2.05, 4.69) is 16.0 Å². The number of nitrogens with one attached hydrogen (secondary N) is 3. The van der Waals surface area contributed by atoms with E-state index in [-0.39, 0.29) is 12.2 Å². The number of hydrogen-bond acceptors (Lipinski definition) is 6. The Hall–Kier alpha value is -3.12. The van der Waals surface area contributed by atoms with Crippen LogP contribution in [0.5, 0.6) is 0 Å². The van der Waals surface area contributed by atoms with Crippen LogP contribution in [-0.2, 0) is 31.8 Å². The third kappa shape index (κ3) is 6.44. The van der Waals surface area contributed by atoms with E-state index in [9.17, 15) is 27.6 Å². The molecule has 0 spiro atoms. The minimum Gasteiger partial charge on any atom is -0.378 e. The van der Waals surface area contributed by atoms with E-state index in [0.717, 1.165) is 17.0 Å². The summed E-state index contributed by atoms with van der Waals surface area (Å²) in [7, 11) is 0. The summed E-state index contributed by atoms with van der Waals surface area (Å²) in [5.74, 6) is -2.70. The lowest BCUT2D eigenvalue weighted by Gasteiger charge is -2.31. The van der Waals surface area contributed by atoms with Gasteiger partial charge in [-0.15, -0.1) is 11.3 Å². The van der Waals surface area contributed by atoms with Crippen LogP contribution in [0.3, 0.4) is 0 Å². The van der Waals surface area contributed by atoms with Gasteiger partial charge in [0.1, 0.15) is 0 Å². The number of anilines is 2. The molecule has 3 N–H and O–H groups in total. The van der Waals surface area contributed by atoms with Crippen molar-refractivity contribution in [3.8, 4) is 0 Å². The van der Waals surface area contributed by atoms with Crippen LogP contribution in [0.15, 0.2) is 35.7 Å². The number of alkyl halides is 3. The first-order chi connectivity index (χ1) is 15.2. The maximum Gasteiger partial charge on any atom is 0.416 e. The molecule has 1 aliphatic rings. The van der Waals surface area contributed by atoms with E-state index < -0.39 is 36.0 Å². The Morgan fingerprint density at radius 2 is 1.78 bits per heavy atom. The Kier molecular flexibility index (Phi) is 7.70. The van der Waals surface area contributed by atoms with Crippen LogP contribution in [0.1, 0.15) is 10.4 Å². The molecular weight excluding hydrogens is 449 g/mol. The van der Waals surface area contributed by atoms with Crippen molar-refractivity contribution in [1.82, 2.24) is 10.6 Å². The average Bonchev–Trinajstić information content (AvgIpc) is 3.29. The Morgan fingerprint density at radius 1 is 1.06 bits per heavy atom. The normalized spacial score (nSPS) is 14.0. The molecule has 3 rings (SSSR count). The van der Waals surface area contributed by atoms with Crippen molar-refractivity contribution in [1.29, 1.82) is 0 Å². The first kappa shape index (κ1) is 23.5. The van der Waals surface area contributed by atoms with Gasteiger partial charge in [-0.1, -0.05) is 6.07 Å². The van der Waals surface area contributed by atoms with Gasteiger partial charge in [-0.25, -0.2) is 0 Å². The van der Waals surface area contributed by atoms with Crippen LogP contribution in [0, 0.1) is 0 Å². The number of morpholine rings is 1. The van der Waals surface area contributed by atoms with Gasteiger partial charge in [0, 0.05) is 18.0 Å². The van der Waals surface area contributed by atoms with E-state index >= 15 is 0 Å². The largest absolute Gasteiger partial charge is 0.416 e. The van der Waals surface area contributed by atoms with Crippen molar-refractivity contribution in [2.45, 2.75) is 12.7 Å². The van der Waals surface area contributed by atoms with Crippen LogP contribution in [0.2, 0.25) is 0 Å². The summed E-state index contributed by atoms with van der Waals surface area (Å²) in [4.78, 5) is 38.7. The second-order valence-electron chi connectivity index (χ2n) is 6.82. The molecular formula is C20H21F3N4O4S. The predicted octanol–water partition coefficient (Wildman–Crippen LogP) is 1.97. The van der Waals surface area contributed by atoms with Crippen molar-refractivity contribution in [2.75, 3.05) is 43.1 Å². The quantitative estimate of drug-likeness (QED) is 0.561. The summed E-state index contributed by atoms with van der Waals surface area (Å²) in [6, 6.07) is 6.67. The van der Waals surface area contributed by atoms with E-state index in [1.165, 1.54) is 17.4 Å². The fraction of sp³-hybridized carbons (Fsp3) is 0.350. The zero-order chi connectivity index (χ0) is 23.1. The highest BCUT2D eigenvalue weighted by Gasteiger charge is 2.32. The summed E-state index contributed by atoms with van der Waals surface area (Å²) >= 11 is 1.41. The van der Waals surface area contributed by atoms with Crippen molar-refractivity contribution in [3.05, 3.63) is 46.2 Å². The molecule has 12 heteroatoms. The maximum atomic E-state index is 13.1. The Labute approximate surface area is 185 Å². The molecule has 0 saturated carbocycles. The molecule has 0 atom stereocenters. The van der Waals surface area contributed by atoms with Crippen LogP contribution >= 0.6 is 11.3 Å². The van der Waals surface area contributed by atoms with Crippen LogP contribution < -0.4 is 20.9 Å². The zero-order valence-corrected chi connectivity index (χ0v) is 17.6. The fourth-order valence-corrected chi connectivity index (χ4v) is 3.63. The highest BCUT2D eigenvalue weighted by atomic mass is 32.1. The van der Waals surface area contributed by atoms with Gasteiger partial charge in [0.25, 0.3) is 0 Å². The Balaban J connectivity index is 1.61. The Bertz CT molecular complexity index is 960. The van der Waals surface area contributed by atoms with Gasteiger partial charge in [-0.3, -0.25) is 14.4 Å². The number of benzene rings is 1. The Morgan fingerprint density at radius 3 is 2.44 bits per heavy atom. The molecule has 8 nitrogen and oxygen atoms in total. The van der Waals surface area contributed by atoms with Crippen molar-refractivity contribution >= 4 is 40.4 Å². The summed E-state index contributed by atoms with van der Waals surface area (Å²) in [6.07, 6.45) is -4.59. The van der Waals surface area contributed by atoms with Crippen molar-refractivity contribution in [2.24, 2.45) is 0 Å². The van der Waals surface area contributed by atoms with E-state index in [1.54, 1.807) is 17.0 Å². The fourth-order valence-electron chi connectivity index (χ4n) is 2.99. The van der Waals surface area contributed by atoms with Gasteiger partial charge in [0.15, 0.2) is 0 Å². The molecule has 0 aliphatic carbocycles. The monoisotopic (exact) mass is 470 g/mol. The smallest absolute Gasteiger partial charge is 0.378 e. The highest BCUT2D eigenvalue weighted by molar-refractivity contribution is 7.09. The molecule has 1 aromatic heterocycles. The third-order valence-electron chi connectivity index (χ3n) is 4.57. The summed E-state index contributed by atoms with van der Waals surface area (Å²) in [6.45, 7) is 1.31. The zero-order valence-electron chi connectivity index (χ0n) is 16.8. The molecule has 1 aromatic carbocycles. The predicted molar refractivity (Wildman–Crippen MR) is 112 cm³/mol. The molecule has 1 saturated heterocycles. The number of halogens is 3. The molecule has 2 aromatic rings. The molecule has 1 fully saturated rings. The standard InChI is InChI=1S/C20H21F3N4O4S/c21-20(22,23)13-3-4-16(27-5-7-31-8-6-27)15(10-13)26-17(28)12-25-19(30)18(29)24-11-14-2-1-9-32-14/h1-4,9-10H,5-8,11-12H2,(H,24,29)(H,25,30)(H,26,28). The number of thiophene rings is 1. The van der Waals surface area contributed by atoms with Gasteiger partial charge in [0.05, 0.1) is 43.2 Å². The molecule has 0 radical (unpaired) electrons. The number of ether oxygens (including phenoxy) is 1. The third-order valence-corrected chi connectivity index (χ3v) is 5.45. The topological polar surface area (TPSA) is 99.8 Å². The minimum absolute atomic E-state index is 0.0388. The van der Waals surface area contributed by atoms with Gasteiger partial charge < -0.3 is 25.6 Å². The summed E-state index contributed by atoms with van der Waals surface area (Å²) in [5.41, 5.74) is -0.542. The number of carbonyl (C=O) groups excluding carboxylic acids is 3. The van der Waals surface area contributed by atoms with Crippen LogP contribution in [0.4, 0.5) is 24.5 Å². The van der Waals surface area contributed by atoms with Gasteiger partial charge in [0.2, 0.25) is 5.91 Å². The number of amides is 3. The van der Waals surface area contributed by atoms with Crippen molar-refractivity contribution in [3.63, 3.8) is 0 Å². The van der Waals surface area contributed by atoms with Crippen LogP contribution in [-0.4, -0.2) is 50.6 Å². The molecule has 3 amide bonds. The lowest BCUT2D eigenvalue weighted by atomic mass is 10.1. The summed E-state index contributed by atoms with van der Waals surface area (Å²) < 4.78 is 44.7. The SMILES string of the molecule is O=C(CNC(=O)C(=O)NCc1cccs1)Nc1cc(C(F)(F)F)ccc1N1CCOCC1. The maximum absolute atomic E-state index is 13.1.